The molecule has 0 atom stereocenters. The third kappa shape index (κ3) is 5.85. The Hall–Kier alpha value is -2.82. The predicted molar refractivity (Wildman–Crippen MR) is 109 cm³/mol. The zero-order valence-corrected chi connectivity index (χ0v) is 17.2. The maximum atomic E-state index is 12.6. The fourth-order valence-corrected chi connectivity index (χ4v) is 4.34. The van der Waals surface area contributed by atoms with Gasteiger partial charge in [0.05, 0.1) is 18.1 Å². The van der Waals surface area contributed by atoms with Gasteiger partial charge in [-0.1, -0.05) is 18.2 Å². The molecule has 0 aliphatic carbocycles. The number of morpholine rings is 1. The van der Waals surface area contributed by atoms with Crippen LogP contribution in [0, 0.1) is 0 Å². The molecule has 30 heavy (non-hydrogen) atoms. The first-order valence-corrected chi connectivity index (χ1v) is 11.0. The van der Waals surface area contributed by atoms with E-state index in [2.05, 4.69) is 15.6 Å². The van der Waals surface area contributed by atoms with Crippen LogP contribution in [0.25, 0.3) is 0 Å². The minimum Gasteiger partial charge on any atom is -0.379 e. The van der Waals surface area contributed by atoms with Crippen LogP contribution in [0.2, 0.25) is 0 Å². The van der Waals surface area contributed by atoms with E-state index in [4.69, 9.17) is 4.74 Å². The van der Waals surface area contributed by atoms with Gasteiger partial charge < -0.3 is 15.4 Å². The highest BCUT2D eigenvalue weighted by Crippen LogP contribution is 2.17. The molecule has 0 radical (unpaired) electrons. The number of carbonyl (C=O) groups is 2. The van der Waals surface area contributed by atoms with Crippen molar-refractivity contribution in [1.82, 2.24) is 19.9 Å². The molecular formula is C20H24N4O5S. The van der Waals surface area contributed by atoms with Gasteiger partial charge in [-0.2, -0.15) is 4.31 Å². The molecule has 1 fully saturated rings. The molecule has 1 aliphatic rings. The number of nitrogens with one attached hydrogen (secondary N) is 2. The Labute approximate surface area is 175 Å². The van der Waals surface area contributed by atoms with E-state index in [9.17, 15) is 18.0 Å². The van der Waals surface area contributed by atoms with Gasteiger partial charge in [-0.15, -0.1) is 0 Å². The van der Waals surface area contributed by atoms with Gasteiger partial charge in [-0.3, -0.25) is 14.6 Å². The molecule has 0 saturated carbocycles. The maximum absolute atomic E-state index is 12.6. The van der Waals surface area contributed by atoms with Crippen molar-refractivity contribution in [3.05, 3.63) is 59.9 Å². The quantitative estimate of drug-likeness (QED) is 0.599. The SMILES string of the molecule is O=C(NCCc1ccc(S(=O)(=O)N2CCOCC2)cc1)C(=O)NCc1cccnc1. The Kier molecular flexibility index (Phi) is 7.50. The summed E-state index contributed by atoms with van der Waals surface area (Å²) in [6.45, 7) is 1.96. The van der Waals surface area contributed by atoms with Crippen LogP contribution in [-0.2, 0) is 37.3 Å². The minimum absolute atomic E-state index is 0.221. The van der Waals surface area contributed by atoms with Crippen molar-refractivity contribution < 1.29 is 22.7 Å². The summed E-state index contributed by atoms with van der Waals surface area (Å²) in [6.07, 6.45) is 3.71. The third-order valence-corrected chi connectivity index (χ3v) is 6.53. The fraction of sp³-hybridized carbons (Fsp3) is 0.350. The normalized spacial score (nSPS) is 14.8. The van der Waals surface area contributed by atoms with Crippen molar-refractivity contribution in [3.8, 4) is 0 Å². The Morgan fingerprint density at radius 1 is 1.00 bits per heavy atom. The van der Waals surface area contributed by atoms with Gasteiger partial charge in [-0.25, -0.2) is 8.42 Å². The second kappa shape index (κ2) is 10.3. The largest absolute Gasteiger partial charge is 0.379 e. The van der Waals surface area contributed by atoms with Crippen molar-refractivity contribution in [2.45, 2.75) is 17.9 Å². The second-order valence-corrected chi connectivity index (χ2v) is 8.65. The number of rotatable bonds is 7. The Morgan fingerprint density at radius 2 is 1.70 bits per heavy atom. The van der Waals surface area contributed by atoms with Crippen LogP contribution in [0.1, 0.15) is 11.1 Å². The summed E-state index contributed by atoms with van der Waals surface area (Å²) in [5, 5.41) is 5.09. The molecule has 2 amide bonds. The van der Waals surface area contributed by atoms with Gasteiger partial charge in [-0.05, 0) is 35.7 Å². The molecule has 9 nitrogen and oxygen atoms in total. The first-order valence-electron chi connectivity index (χ1n) is 9.58. The number of benzene rings is 1. The smallest absolute Gasteiger partial charge is 0.309 e. The molecule has 1 aliphatic heterocycles. The van der Waals surface area contributed by atoms with Gasteiger partial charge in [0.15, 0.2) is 0 Å². The molecule has 2 aromatic rings. The molecule has 1 aromatic carbocycles. The van der Waals surface area contributed by atoms with E-state index in [1.807, 2.05) is 0 Å². The highest BCUT2D eigenvalue weighted by atomic mass is 32.2. The van der Waals surface area contributed by atoms with E-state index in [-0.39, 0.29) is 18.0 Å². The second-order valence-electron chi connectivity index (χ2n) is 6.71. The number of carbonyl (C=O) groups excluding carboxylic acids is 2. The molecule has 3 rings (SSSR count). The van der Waals surface area contributed by atoms with Gasteiger partial charge in [0, 0.05) is 38.6 Å². The van der Waals surface area contributed by atoms with E-state index in [1.165, 1.54) is 4.31 Å². The van der Waals surface area contributed by atoms with E-state index in [0.717, 1.165) is 11.1 Å². The van der Waals surface area contributed by atoms with E-state index in [1.54, 1.807) is 48.8 Å². The van der Waals surface area contributed by atoms with Crippen molar-refractivity contribution in [1.29, 1.82) is 0 Å². The van der Waals surface area contributed by atoms with Crippen molar-refractivity contribution >= 4 is 21.8 Å². The lowest BCUT2D eigenvalue weighted by molar-refractivity contribution is -0.139. The summed E-state index contributed by atoms with van der Waals surface area (Å²) >= 11 is 0. The lowest BCUT2D eigenvalue weighted by atomic mass is 10.1. The van der Waals surface area contributed by atoms with Crippen molar-refractivity contribution in [3.63, 3.8) is 0 Å². The molecule has 160 valence electrons. The summed E-state index contributed by atoms with van der Waals surface area (Å²) in [7, 11) is -3.53. The fourth-order valence-electron chi connectivity index (χ4n) is 2.93. The van der Waals surface area contributed by atoms with Crippen LogP contribution in [0.15, 0.2) is 53.7 Å². The van der Waals surface area contributed by atoms with Crippen LogP contribution in [0.3, 0.4) is 0 Å². The predicted octanol–water partition coefficient (Wildman–Crippen LogP) is 0.0776. The number of nitrogens with zero attached hydrogens (tertiary/aromatic N) is 2. The molecule has 10 heteroatoms. The molecule has 1 saturated heterocycles. The van der Waals surface area contributed by atoms with Crippen LogP contribution in [0.4, 0.5) is 0 Å². The van der Waals surface area contributed by atoms with Crippen LogP contribution in [0.5, 0.6) is 0 Å². The number of ether oxygens (including phenoxy) is 1. The Bertz CT molecular complexity index is 958. The van der Waals surface area contributed by atoms with Crippen molar-refractivity contribution in [2.75, 3.05) is 32.8 Å². The summed E-state index contributed by atoms with van der Waals surface area (Å²) < 4.78 is 31.8. The summed E-state index contributed by atoms with van der Waals surface area (Å²) in [6, 6.07) is 10.1. The van der Waals surface area contributed by atoms with Gasteiger partial charge in [0.1, 0.15) is 0 Å². The Balaban J connectivity index is 1.44. The average molecular weight is 433 g/mol. The van der Waals surface area contributed by atoms with E-state index in [0.29, 0.717) is 32.7 Å². The van der Waals surface area contributed by atoms with Crippen LogP contribution < -0.4 is 10.6 Å². The highest BCUT2D eigenvalue weighted by molar-refractivity contribution is 7.89. The summed E-state index contributed by atoms with van der Waals surface area (Å²) in [4.78, 5) is 27.9. The zero-order valence-electron chi connectivity index (χ0n) is 16.4. The number of amides is 2. The zero-order chi connectivity index (χ0) is 21.4. The molecule has 0 bridgehead atoms. The topological polar surface area (TPSA) is 118 Å². The average Bonchev–Trinajstić information content (AvgIpc) is 2.79. The first kappa shape index (κ1) is 21.9. The molecule has 2 N–H and O–H groups in total. The lowest BCUT2D eigenvalue weighted by Gasteiger charge is -2.26. The number of hydrogen-bond donors (Lipinski definition) is 2. The van der Waals surface area contributed by atoms with Crippen molar-refractivity contribution in [2.24, 2.45) is 0 Å². The van der Waals surface area contributed by atoms with Crippen LogP contribution in [-0.4, -0.2) is 62.4 Å². The van der Waals surface area contributed by atoms with Gasteiger partial charge in [0.2, 0.25) is 10.0 Å². The number of hydrogen-bond acceptors (Lipinski definition) is 6. The molecule has 2 heterocycles. The molecule has 0 unspecified atom stereocenters. The minimum atomic E-state index is -3.53. The number of pyridine rings is 1. The first-order chi connectivity index (χ1) is 14.5. The molecule has 1 aromatic heterocycles. The van der Waals surface area contributed by atoms with E-state index >= 15 is 0 Å². The summed E-state index contributed by atoms with van der Waals surface area (Å²) in [5.41, 5.74) is 1.65. The number of sulfonamides is 1. The van der Waals surface area contributed by atoms with E-state index < -0.39 is 21.8 Å². The maximum Gasteiger partial charge on any atom is 0.309 e. The monoisotopic (exact) mass is 432 g/mol. The number of aromatic nitrogens is 1. The highest BCUT2D eigenvalue weighted by Gasteiger charge is 2.26. The van der Waals surface area contributed by atoms with Crippen LogP contribution >= 0.6 is 0 Å². The molecular weight excluding hydrogens is 408 g/mol. The summed E-state index contributed by atoms with van der Waals surface area (Å²) in [5.74, 6) is -1.43. The Morgan fingerprint density at radius 3 is 2.37 bits per heavy atom. The lowest BCUT2D eigenvalue weighted by Crippen LogP contribution is -2.40. The molecule has 0 spiro atoms. The third-order valence-electron chi connectivity index (χ3n) is 4.61. The van der Waals surface area contributed by atoms with Gasteiger partial charge in [0.25, 0.3) is 0 Å². The standard InChI is InChI=1S/C20H24N4O5S/c25-19(20(26)23-15-17-2-1-8-21-14-17)22-9-7-16-3-5-18(6-4-16)30(27,28)24-10-12-29-13-11-24/h1-6,8,14H,7,9-13,15H2,(H,22,25)(H,23,26). The van der Waals surface area contributed by atoms with Gasteiger partial charge >= 0.3 is 11.8 Å².